The SMILES string of the molecule is CCCCOC(=O)[C@@H]1C[C@H](C)[C@H](C)N1. The van der Waals surface area contributed by atoms with Crippen molar-refractivity contribution in [1.29, 1.82) is 0 Å². The van der Waals surface area contributed by atoms with Crippen LogP contribution in [0.5, 0.6) is 0 Å². The van der Waals surface area contributed by atoms with E-state index >= 15 is 0 Å². The molecule has 14 heavy (non-hydrogen) atoms. The molecular formula is C11H21NO2. The zero-order valence-corrected chi connectivity index (χ0v) is 9.38. The van der Waals surface area contributed by atoms with Crippen LogP contribution >= 0.6 is 0 Å². The molecule has 1 rings (SSSR count). The molecule has 0 aromatic carbocycles. The number of hydrogen-bond donors (Lipinski definition) is 1. The van der Waals surface area contributed by atoms with Gasteiger partial charge in [-0.05, 0) is 25.7 Å². The molecule has 0 bridgehead atoms. The Morgan fingerprint density at radius 3 is 2.71 bits per heavy atom. The van der Waals surface area contributed by atoms with E-state index in [-0.39, 0.29) is 12.0 Å². The minimum atomic E-state index is -0.0744. The summed E-state index contributed by atoms with van der Waals surface area (Å²) in [6, 6.07) is 0.357. The fourth-order valence-corrected chi connectivity index (χ4v) is 1.71. The molecule has 1 N–H and O–H groups in total. The van der Waals surface area contributed by atoms with Gasteiger partial charge < -0.3 is 10.1 Å². The van der Waals surface area contributed by atoms with Gasteiger partial charge in [-0.1, -0.05) is 20.3 Å². The normalized spacial score (nSPS) is 31.8. The number of nitrogens with one attached hydrogen (secondary N) is 1. The first-order valence-electron chi connectivity index (χ1n) is 5.57. The lowest BCUT2D eigenvalue weighted by molar-refractivity contribution is -0.146. The van der Waals surface area contributed by atoms with Crippen LogP contribution in [0.25, 0.3) is 0 Å². The zero-order chi connectivity index (χ0) is 10.6. The van der Waals surface area contributed by atoms with E-state index in [1.807, 2.05) is 0 Å². The molecule has 1 saturated heterocycles. The first kappa shape index (κ1) is 11.5. The van der Waals surface area contributed by atoms with E-state index in [0.29, 0.717) is 18.6 Å². The number of esters is 1. The molecule has 0 saturated carbocycles. The maximum atomic E-state index is 11.5. The molecule has 3 heteroatoms. The van der Waals surface area contributed by atoms with Gasteiger partial charge in [0.05, 0.1) is 6.61 Å². The summed E-state index contributed by atoms with van der Waals surface area (Å²) in [5, 5.41) is 3.26. The summed E-state index contributed by atoms with van der Waals surface area (Å²) in [6.45, 7) is 6.93. The number of carbonyl (C=O) groups is 1. The summed E-state index contributed by atoms with van der Waals surface area (Å²) in [4.78, 5) is 11.5. The van der Waals surface area contributed by atoms with E-state index < -0.39 is 0 Å². The van der Waals surface area contributed by atoms with Crippen LogP contribution in [-0.4, -0.2) is 24.7 Å². The lowest BCUT2D eigenvalue weighted by Gasteiger charge is -2.10. The molecular weight excluding hydrogens is 178 g/mol. The molecule has 0 amide bonds. The highest BCUT2D eigenvalue weighted by Gasteiger charge is 2.32. The van der Waals surface area contributed by atoms with Gasteiger partial charge in [-0.2, -0.15) is 0 Å². The Labute approximate surface area is 86.2 Å². The first-order valence-corrected chi connectivity index (χ1v) is 5.57. The van der Waals surface area contributed by atoms with Crippen LogP contribution in [0.1, 0.15) is 40.0 Å². The van der Waals surface area contributed by atoms with Crippen molar-refractivity contribution in [3.8, 4) is 0 Å². The molecule has 3 nitrogen and oxygen atoms in total. The molecule has 1 fully saturated rings. The molecule has 0 spiro atoms. The van der Waals surface area contributed by atoms with Crippen molar-refractivity contribution in [3.63, 3.8) is 0 Å². The molecule has 3 atom stereocenters. The van der Waals surface area contributed by atoms with Gasteiger partial charge in [0.2, 0.25) is 0 Å². The van der Waals surface area contributed by atoms with Gasteiger partial charge in [-0.25, -0.2) is 0 Å². The van der Waals surface area contributed by atoms with Gasteiger partial charge in [0, 0.05) is 6.04 Å². The fraction of sp³-hybridized carbons (Fsp3) is 0.909. The van der Waals surface area contributed by atoms with Crippen molar-refractivity contribution in [1.82, 2.24) is 5.32 Å². The number of hydrogen-bond acceptors (Lipinski definition) is 3. The van der Waals surface area contributed by atoms with E-state index in [0.717, 1.165) is 19.3 Å². The predicted octanol–water partition coefficient (Wildman–Crippen LogP) is 1.72. The van der Waals surface area contributed by atoms with Crippen molar-refractivity contribution in [2.75, 3.05) is 6.61 Å². The minimum absolute atomic E-state index is 0.0724. The molecule has 0 radical (unpaired) electrons. The van der Waals surface area contributed by atoms with Crippen molar-refractivity contribution >= 4 is 5.97 Å². The van der Waals surface area contributed by atoms with Crippen LogP contribution in [0.3, 0.4) is 0 Å². The Hall–Kier alpha value is -0.570. The predicted molar refractivity (Wildman–Crippen MR) is 56.0 cm³/mol. The van der Waals surface area contributed by atoms with E-state index in [9.17, 15) is 4.79 Å². The molecule has 1 heterocycles. The molecule has 82 valence electrons. The van der Waals surface area contributed by atoms with E-state index in [1.54, 1.807) is 0 Å². The van der Waals surface area contributed by atoms with Crippen molar-refractivity contribution < 1.29 is 9.53 Å². The van der Waals surface area contributed by atoms with E-state index in [2.05, 4.69) is 26.1 Å². The highest BCUT2D eigenvalue weighted by Crippen LogP contribution is 2.20. The maximum Gasteiger partial charge on any atom is 0.323 e. The Balaban J connectivity index is 2.25. The average molecular weight is 199 g/mol. The van der Waals surface area contributed by atoms with Gasteiger partial charge in [-0.15, -0.1) is 0 Å². The summed E-state index contributed by atoms with van der Waals surface area (Å²) in [5.41, 5.74) is 0. The number of carbonyl (C=O) groups excluding carboxylic acids is 1. The third-order valence-electron chi connectivity index (χ3n) is 2.95. The van der Waals surface area contributed by atoms with Gasteiger partial charge in [-0.3, -0.25) is 4.79 Å². The largest absolute Gasteiger partial charge is 0.465 e. The van der Waals surface area contributed by atoms with Crippen LogP contribution < -0.4 is 5.32 Å². The van der Waals surface area contributed by atoms with Gasteiger partial charge in [0.15, 0.2) is 0 Å². The Morgan fingerprint density at radius 1 is 1.50 bits per heavy atom. The Bertz CT molecular complexity index is 184. The molecule has 0 aliphatic carbocycles. The average Bonchev–Trinajstić information content (AvgIpc) is 2.47. The maximum absolute atomic E-state index is 11.5. The Kier molecular flexibility index (Phi) is 4.39. The molecule has 1 aliphatic rings. The Morgan fingerprint density at radius 2 is 2.21 bits per heavy atom. The molecule has 0 aromatic rings. The first-order chi connectivity index (χ1) is 6.65. The van der Waals surface area contributed by atoms with Gasteiger partial charge >= 0.3 is 5.97 Å². The quantitative estimate of drug-likeness (QED) is 0.553. The third kappa shape index (κ3) is 2.98. The summed E-state index contributed by atoms with van der Waals surface area (Å²) in [5.74, 6) is 0.494. The number of unbranched alkanes of at least 4 members (excludes halogenated alkanes) is 1. The number of rotatable bonds is 4. The van der Waals surface area contributed by atoms with E-state index in [4.69, 9.17) is 4.74 Å². The third-order valence-corrected chi connectivity index (χ3v) is 2.95. The van der Waals surface area contributed by atoms with Crippen LogP contribution in [0.4, 0.5) is 0 Å². The minimum Gasteiger partial charge on any atom is -0.465 e. The van der Waals surface area contributed by atoms with Crippen LogP contribution in [0.2, 0.25) is 0 Å². The highest BCUT2D eigenvalue weighted by molar-refractivity contribution is 5.76. The molecule has 0 aromatic heterocycles. The van der Waals surface area contributed by atoms with E-state index in [1.165, 1.54) is 0 Å². The lowest BCUT2D eigenvalue weighted by Crippen LogP contribution is -2.35. The summed E-state index contributed by atoms with van der Waals surface area (Å²) in [7, 11) is 0. The smallest absolute Gasteiger partial charge is 0.323 e. The van der Waals surface area contributed by atoms with Crippen LogP contribution in [-0.2, 0) is 9.53 Å². The van der Waals surface area contributed by atoms with Gasteiger partial charge in [0.1, 0.15) is 6.04 Å². The lowest BCUT2D eigenvalue weighted by atomic mass is 10.0. The van der Waals surface area contributed by atoms with Crippen LogP contribution in [0.15, 0.2) is 0 Å². The monoisotopic (exact) mass is 199 g/mol. The summed E-state index contributed by atoms with van der Waals surface area (Å²) in [6.07, 6.45) is 2.94. The van der Waals surface area contributed by atoms with Crippen molar-refractivity contribution in [2.45, 2.75) is 52.1 Å². The van der Waals surface area contributed by atoms with Crippen molar-refractivity contribution in [2.24, 2.45) is 5.92 Å². The van der Waals surface area contributed by atoms with Gasteiger partial charge in [0.25, 0.3) is 0 Å². The topological polar surface area (TPSA) is 38.3 Å². The summed E-state index contributed by atoms with van der Waals surface area (Å²) >= 11 is 0. The fourth-order valence-electron chi connectivity index (χ4n) is 1.71. The second-order valence-electron chi connectivity index (χ2n) is 4.24. The molecule has 0 unspecified atom stereocenters. The zero-order valence-electron chi connectivity index (χ0n) is 9.38. The standard InChI is InChI=1S/C11H21NO2/c1-4-5-6-14-11(13)10-7-8(2)9(3)12-10/h8-10,12H,4-7H2,1-3H3/t8-,9-,10-/m0/s1. The summed E-state index contributed by atoms with van der Waals surface area (Å²) < 4.78 is 5.16. The number of ether oxygens (including phenoxy) is 1. The molecule has 1 aliphatic heterocycles. The highest BCUT2D eigenvalue weighted by atomic mass is 16.5. The van der Waals surface area contributed by atoms with Crippen molar-refractivity contribution in [3.05, 3.63) is 0 Å². The second-order valence-corrected chi connectivity index (χ2v) is 4.24. The van der Waals surface area contributed by atoms with Crippen LogP contribution in [0, 0.1) is 5.92 Å². The second kappa shape index (κ2) is 5.35.